The highest BCUT2D eigenvalue weighted by Gasteiger charge is 2.22. The second kappa shape index (κ2) is 8.85. The first kappa shape index (κ1) is 22.4. The topological polar surface area (TPSA) is 102 Å². The first-order valence-electron chi connectivity index (χ1n) is 9.95. The molecule has 3 rings (SSSR count). The van der Waals surface area contributed by atoms with E-state index in [1.54, 1.807) is 19.1 Å². The molecule has 7 nitrogen and oxygen atoms in total. The van der Waals surface area contributed by atoms with E-state index in [4.69, 9.17) is 9.88 Å². The van der Waals surface area contributed by atoms with Crippen molar-refractivity contribution in [3.8, 4) is 0 Å². The molecule has 0 aromatic heterocycles. The van der Waals surface area contributed by atoms with Gasteiger partial charge in [-0.2, -0.15) is 0 Å². The number of ether oxygens (including phenoxy) is 1. The number of carbonyl (C=O) groups is 1. The van der Waals surface area contributed by atoms with Crippen molar-refractivity contribution >= 4 is 21.6 Å². The fourth-order valence-corrected chi connectivity index (χ4v) is 4.37. The number of morpholine rings is 1. The molecule has 1 aliphatic heterocycles. The Morgan fingerprint density at radius 2 is 1.73 bits per heavy atom. The number of nitrogens with zero attached hydrogens (tertiary/aromatic N) is 1. The number of aryl methyl sites for hydroxylation is 1. The van der Waals surface area contributed by atoms with Crippen LogP contribution in [0.2, 0.25) is 0 Å². The zero-order chi connectivity index (χ0) is 22.1. The number of benzene rings is 2. The molecule has 1 saturated heterocycles. The van der Waals surface area contributed by atoms with Gasteiger partial charge in [0, 0.05) is 30.9 Å². The van der Waals surface area contributed by atoms with Crippen LogP contribution in [-0.2, 0) is 21.3 Å². The molecule has 0 radical (unpaired) electrons. The van der Waals surface area contributed by atoms with Crippen LogP contribution in [0.5, 0.6) is 0 Å². The number of amides is 1. The lowest BCUT2D eigenvalue weighted by Crippen LogP contribution is -2.44. The van der Waals surface area contributed by atoms with Gasteiger partial charge in [0.05, 0.1) is 17.1 Å². The van der Waals surface area contributed by atoms with E-state index >= 15 is 0 Å². The van der Waals surface area contributed by atoms with Gasteiger partial charge in [-0.1, -0.05) is 12.1 Å². The fourth-order valence-electron chi connectivity index (χ4n) is 3.75. The molecule has 2 unspecified atom stereocenters. The lowest BCUT2D eigenvalue weighted by atomic mass is 10.1. The molecule has 8 heteroatoms. The van der Waals surface area contributed by atoms with Gasteiger partial charge in [0.2, 0.25) is 10.0 Å². The minimum absolute atomic E-state index is 0.0229. The molecule has 0 aliphatic carbocycles. The second-order valence-electron chi connectivity index (χ2n) is 8.06. The molecule has 30 heavy (non-hydrogen) atoms. The maximum Gasteiger partial charge on any atom is 0.255 e. The Kier molecular flexibility index (Phi) is 6.62. The highest BCUT2D eigenvalue weighted by Crippen LogP contribution is 2.24. The van der Waals surface area contributed by atoms with Crippen molar-refractivity contribution in [1.29, 1.82) is 0 Å². The van der Waals surface area contributed by atoms with E-state index in [-0.39, 0.29) is 23.0 Å². The van der Waals surface area contributed by atoms with E-state index in [1.165, 1.54) is 12.1 Å². The van der Waals surface area contributed by atoms with E-state index in [1.807, 2.05) is 19.1 Å². The van der Waals surface area contributed by atoms with Crippen LogP contribution in [0.3, 0.4) is 0 Å². The van der Waals surface area contributed by atoms with Crippen LogP contribution in [-0.4, -0.2) is 44.5 Å². The summed E-state index contributed by atoms with van der Waals surface area (Å²) in [6.07, 6.45) is 0.414. The van der Waals surface area contributed by atoms with E-state index in [0.717, 1.165) is 36.3 Å². The summed E-state index contributed by atoms with van der Waals surface area (Å²) in [4.78, 5) is 15.0. The number of nitrogens with two attached hydrogens (primary N) is 1. The fraction of sp³-hybridized carbons (Fsp3) is 0.409. The molecular formula is C22H29N3O4S. The molecule has 2 aromatic carbocycles. The monoisotopic (exact) mass is 431 g/mol. The number of carbonyl (C=O) groups excluding carboxylic acids is 1. The van der Waals surface area contributed by atoms with Crippen LogP contribution in [0.15, 0.2) is 41.3 Å². The van der Waals surface area contributed by atoms with E-state index in [9.17, 15) is 13.2 Å². The van der Waals surface area contributed by atoms with E-state index < -0.39 is 10.0 Å². The van der Waals surface area contributed by atoms with Gasteiger partial charge >= 0.3 is 0 Å². The summed E-state index contributed by atoms with van der Waals surface area (Å²) >= 11 is 0. The van der Waals surface area contributed by atoms with Crippen molar-refractivity contribution in [2.75, 3.05) is 18.4 Å². The molecule has 1 fully saturated rings. The molecule has 162 valence electrons. The predicted octanol–water partition coefficient (Wildman–Crippen LogP) is 2.81. The average Bonchev–Trinajstić information content (AvgIpc) is 2.64. The molecule has 0 bridgehead atoms. The van der Waals surface area contributed by atoms with Gasteiger partial charge in [0.1, 0.15) is 0 Å². The third kappa shape index (κ3) is 5.46. The molecular weight excluding hydrogens is 402 g/mol. The Balaban J connectivity index is 1.72. The molecule has 0 spiro atoms. The number of sulfonamides is 1. The van der Waals surface area contributed by atoms with Gasteiger partial charge in [0.15, 0.2) is 0 Å². The Hall–Kier alpha value is -2.26. The SMILES string of the molecule is Cc1cc(S(N)(=O)=O)cc(NC(=O)c2ccc(CN3CC(C)OC(C)C3)cc2)c1C. The number of nitrogens with one attached hydrogen (secondary N) is 1. The molecule has 1 amide bonds. The van der Waals surface area contributed by atoms with Gasteiger partial charge < -0.3 is 10.1 Å². The summed E-state index contributed by atoms with van der Waals surface area (Å²) in [5.74, 6) is -0.302. The summed E-state index contributed by atoms with van der Waals surface area (Å²) in [6, 6.07) is 10.3. The Morgan fingerprint density at radius 1 is 1.13 bits per heavy atom. The van der Waals surface area contributed by atoms with Crippen molar-refractivity contribution in [2.45, 2.75) is 51.3 Å². The van der Waals surface area contributed by atoms with E-state index in [2.05, 4.69) is 24.1 Å². The molecule has 2 aromatic rings. The number of hydrogen-bond acceptors (Lipinski definition) is 5. The maximum absolute atomic E-state index is 12.7. The Morgan fingerprint density at radius 3 is 2.30 bits per heavy atom. The third-order valence-electron chi connectivity index (χ3n) is 5.34. The highest BCUT2D eigenvalue weighted by molar-refractivity contribution is 7.89. The summed E-state index contributed by atoms with van der Waals surface area (Å²) in [5.41, 5.74) is 3.59. The number of rotatable bonds is 5. The maximum atomic E-state index is 12.7. The van der Waals surface area contributed by atoms with Crippen molar-refractivity contribution in [2.24, 2.45) is 5.14 Å². The van der Waals surface area contributed by atoms with Crippen molar-refractivity contribution in [3.63, 3.8) is 0 Å². The number of hydrogen-bond donors (Lipinski definition) is 2. The van der Waals surface area contributed by atoms with Gasteiger partial charge in [-0.3, -0.25) is 9.69 Å². The van der Waals surface area contributed by atoms with Crippen molar-refractivity contribution in [3.05, 3.63) is 58.7 Å². The summed E-state index contributed by atoms with van der Waals surface area (Å²) < 4.78 is 29.2. The first-order valence-corrected chi connectivity index (χ1v) is 11.5. The number of anilines is 1. The predicted molar refractivity (Wildman–Crippen MR) is 117 cm³/mol. The van der Waals surface area contributed by atoms with E-state index in [0.29, 0.717) is 11.3 Å². The Labute approximate surface area is 178 Å². The zero-order valence-electron chi connectivity index (χ0n) is 17.8. The molecule has 1 heterocycles. The first-order chi connectivity index (χ1) is 14.0. The second-order valence-corrected chi connectivity index (χ2v) is 9.62. The zero-order valence-corrected chi connectivity index (χ0v) is 18.6. The van der Waals surface area contributed by atoms with Crippen LogP contribution in [0.1, 0.15) is 40.9 Å². The van der Waals surface area contributed by atoms with Gasteiger partial charge in [0.25, 0.3) is 5.91 Å². The largest absolute Gasteiger partial charge is 0.373 e. The minimum Gasteiger partial charge on any atom is -0.373 e. The molecule has 3 N–H and O–H groups in total. The van der Waals surface area contributed by atoms with Crippen LogP contribution in [0.4, 0.5) is 5.69 Å². The smallest absolute Gasteiger partial charge is 0.255 e. The molecule has 2 atom stereocenters. The van der Waals surface area contributed by atoms with Crippen molar-refractivity contribution < 1.29 is 17.9 Å². The lowest BCUT2D eigenvalue weighted by molar-refractivity contribution is -0.0704. The standard InChI is InChI=1S/C22H29N3O4S/c1-14-9-20(30(23,27)28)10-21(17(14)4)24-22(26)19-7-5-18(6-8-19)13-25-11-15(2)29-16(3)12-25/h5-10,15-16H,11-13H2,1-4H3,(H,24,26)(H2,23,27,28). The normalized spacial score (nSPS) is 20.2. The minimum atomic E-state index is -3.86. The van der Waals surface area contributed by atoms with Crippen molar-refractivity contribution in [1.82, 2.24) is 4.90 Å². The molecule has 1 aliphatic rings. The van der Waals surface area contributed by atoms with Gasteiger partial charge in [-0.05, 0) is 68.7 Å². The Bertz CT molecular complexity index is 1030. The van der Waals surface area contributed by atoms with Gasteiger partial charge in [-0.25, -0.2) is 13.6 Å². The van der Waals surface area contributed by atoms with Crippen LogP contribution >= 0.6 is 0 Å². The summed E-state index contributed by atoms with van der Waals surface area (Å²) in [5, 5.41) is 8.05. The van der Waals surface area contributed by atoms with Gasteiger partial charge in [-0.15, -0.1) is 0 Å². The molecule has 0 saturated carbocycles. The van der Waals surface area contributed by atoms with Crippen LogP contribution in [0.25, 0.3) is 0 Å². The third-order valence-corrected chi connectivity index (χ3v) is 6.23. The summed E-state index contributed by atoms with van der Waals surface area (Å²) in [7, 11) is -3.86. The number of primary sulfonamides is 1. The summed E-state index contributed by atoms with van der Waals surface area (Å²) in [6.45, 7) is 10.3. The highest BCUT2D eigenvalue weighted by atomic mass is 32.2. The van der Waals surface area contributed by atoms with Crippen LogP contribution in [0, 0.1) is 13.8 Å². The average molecular weight is 432 g/mol. The lowest BCUT2D eigenvalue weighted by Gasteiger charge is -2.35. The van der Waals surface area contributed by atoms with Crippen LogP contribution < -0.4 is 10.5 Å². The quantitative estimate of drug-likeness (QED) is 0.758.